The monoisotopic (exact) mass is 232 g/mol. The summed E-state index contributed by atoms with van der Waals surface area (Å²) in [6.45, 7) is 0.432. The molecule has 7 nitrogen and oxygen atoms in total. The van der Waals surface area contributed by atoms with Crippen LogP contribution >= 0.6 is 0 Å². The lowest BCUT2D eigenvalue weighted by molar-refractivity contribution is -0.124. The maximum Gasteiger partial charge on any atom is 0.224 e. The number of carbonyl (C=O) groups excluding carboxylic acids is 1. The van der Waals surface area contributed by atoms with Crippen molar-refractivity contribution in [3.05, 3.63) is 10.4 Å². The standard InChI is InChI=1S/C7H12N4O3S/c8-11-10-3-2-9-7(12)6-1-4-15(13,14)5-6/h6H,1-5H2,(H,9,12). The fourth-order valence-corrected chi connectivity index (χ4v) is 3.16. The van der Waals surface area contributed by atoms with Crippen LogP contribution in [0, 0.1) is 5.92 Å². The molecule has 0 radical (unpaired) electrons. The third-order valence-corrected chi connectivity index (χ3v) is 3.95. The van der Waals surface area contributed by atoms with Gasteiger partial charge in [-0.15, -0.1) is 0 Å². The van der Waals surface area contributed by atoms with Gasteiger partial charge in [0.2, 0.25) is 5.91 Å². The molecular weight excluding hydrogens is 220 g/mol. The highest BCUT2D eigenvalue weighted by molar-refractivity contribution is 7.91. The van der Waals surface area contributed by atoms with E-state index in [0.717, 1.165) is 0 Å². The molecule has 1 fully saturated rings. The average molecular weight is 232 g/mol. The summed E-state index contributed by atoms with van der Waals surface area (Å²) in [5, 5.41) is 5.78. The molecule has 0 aromatic carbocycles. The lowest BCUT2D eigenvalue weighted by Crippen LogP contribution is -2.33. The fourth-order valence-electron chi connectivity index (χ4n) is 1.42. The summed E-state index contributed by atoms with van der Waals surface area (Å²) in [5.41, 5.74) is 7.98. The first kappa shape index (κ1) is 11.8. The Hall–Kier alpha value is -1.27. The third kappa shape index (κ3) is 3.77. The van der Waals surface area contributed by atoms with E-state index in [2.05, 4.69) is 15.3 Å². The van der Waals surface area contributed by atoms with Gasteiger partial charge in [0, 0.05) is 18.0 Å². The fraction of sp³-hybridized carbons (Fsp3) is 0.857. The van der Waals surface area contributed by atoms with Crippen LogP contribution in [0.3, 0.4) is 0 Å². The number of nitrogens with one attached hydrogen (secondary N) is 1. The Labute approximate surface area is 87.4 Å². The smallest absolute Gasteiger partial charge is 0.224 e. The predicted octanol–water partition coefficient (Wildman–Crippen LogP) is -0.152. The second-order valence-electron chi connectivity index (χ2n) is 3.35. The zero-order chi connectivity index (χ0) is 11.3. The van der Waals surface area contributed by atoms with E-state index < -0.39 is 15.8 Å². The molecule has 0 saturated carbocycles. The maximum absolute atomic E-state index is 11.4. The molecule has 84 valence electrons. The normalized spacial score (nSPS) is 23.1. The van der Waals surface area contributed by atoms with E-state index in [9.17, 15) is 13.2 Å². The molecule has 0 bridgehead atoms. The van der Waals surface area contributed by atoms with Gasteiger partial charge >= 0.3 is 0 Å². The largest absolute Gasteiger partial charge is 0.356 e. The lowest BCUT2D eigenvalue weighted by atomic mass is 10.1. The molecule has 1 rings (SSSR count). The minimum atomic E-state index is -3.02. The minimum Gasteiger partial charge on any atom is -0.356 e. The van der Waals surface area contributed by atoms with Crippen LogP contribution in [0.4, 0.5) is 0 Å². The highest BCUT2D eigenvalue weighted by Gasteiger charge is 2.32. The van der Waals surface area contributed by atoms with Crippen molar-refractivity contribution in [2.45, 2.75) is 6.42 Å². The van der Waals surface area contributed by atoms with Gasteiger partial charge in [0.1, 0.15) is 0 Å². The van der Waals surface area contributed by atoms with Crippen molar-refractivity contribution in [2.24, 2.45) is 11.0 Å². The van der Waals surface area contributed by atoms with Crippen LogP contribution in [0.15, 0.2) is 5.11 Å². The van der Waals surface area contributed by atoms with Gasteiger partial charge in [-0.1, -0.05) is 5.11 Å². The summed E-state index contributed by atoms with van der Waals surface area (Å²) >= 11 is 0. The summed E-state index contributed by atoms with van der Waals surface area (Å²) in [5.74, 6) is -0.702. The van der Waals surface area contributed by atoms with Crippen LogP contribution in [-0.2, 0) is 14.6 Å². The van der Waals surface area contributed by atoms with Crippen LogP contribution in [0.25, 0.3) is 10.4 Å². The predicted molar refractivity (Wildman–Crippen MR) is 53.8 cm³/mol. The summed E-state index contributed by atoms with van der Waals surface area (Å²) < 4.78 is 22.2. The van der Waals surface area contributed by atoms with Gasteiger partial charge in [-0.25, -0.2) is 8.42 Å². The van der Waals surface area contributed by atoms with Gasteiger partial charge < -0.3 is 5.32 Å². The Balaban J connectivity index is 2.33. The number of hydrogen-bond acceptors (Lipinski definition) is 4. The molecule has 1 heterocycles. The topological polar surface area (TPSA) is 112 Å². The number of sulfone groups is 1. The van der Waals surface area contributed by atoms with Gasteiger partial charge in [-0.2, -0.15) is 0 Å². The van der Waals surface area contributed by atoms with Gasteiger partial charge in [0.15, 0.2) is 9.84 Å². The molecule has 1 aliphatic heterocycles. The van der Waals surface area contributed by atoms with Crippen molar-refractivity contribution in [1.82, 2.24) is 5.32 Å². The van der Waals surface area contributed by atoms with E-state index in [-0.39, 0.29) is 30.5 Å². The summed E-state index contributed by atoms with van der Waals surface area (Å²) in [6.07, 6.45) is 0.385. The van der Waals surface area contributed by atoms with E-state index in [1.165, 1.54) is 0 Å². The van der Waals surface area contributed by atoms with Crippen molar-refractivity contribution >= 4 is 15.7 Å². The van der Waals surface area contributed by atoms with E-state index in [1.54, 1.807) is 0 Å². The zero-order valence-electron chi connectivity index (χ0n) is 8.09. The molecule has 0 spiro atoms. The van der Waals surface area contributed by atoms with Crippen molar-refractivity contribution in [3.8, 4) is 0 Å². The molecule has 1 aliphatic rings. The van der Waals surface area contributed by atoms with Crippen LogP contribution in [0.2, 0.25) is 0 Å². The second-order valence-corrected chi connectivity index (χ2v) is 5.57. The molecule has 1 amide bonds. The highest BCUT2D eigenvalue weighted by Crippen LogP contribution is 2.18. The Morgan fingerprint density at radius 2 is 2.33 bits per heavy atom. The first-order valence-corrected chi connectivity index (χ1v) is 6.36. The SMILES string of the molecule is [N-]=[N+]=NCCNC(=O)C1CCS(=O)(=O)C1. The number of azide groups is 1. The van der Waals surface area contributed by atoms with Gasteiger partial charge in [0.25, 0.3) is 0 Å². The number of rotatable bonds is 4. The Bertz CT molecular complexity index is 385. The average Bonchev–Trinajstić information content (AvgIpc) is 2.53. The van der Waals surface area contributed by atoms with Crippen LogP contribution in [0.1, 0.15) is 6.42 Å². The summed E-state index contributed by atoms with van der Waals surface area (Å²) in [6, 6.07) is 0. The van der Waals surface area contributed by atoms with Crippen LogP contribution in [0.5, 0.6) is 0 Å². The Morgan fingerprint density at radius 3 is 2.87 bits per heavy atom. The third-order valence-electron chi connectivity index (χ3n) is 2.18. The minimum absolute atomic E-state index is 0.0691. The molecule has 1 unspecified atom stereocenters. The van der Waals surface area contributed by atoms with Crippen molar-refractivity contribution < 1.29 is 13.2 Å². The number of amides is 1. The molecule has 1 N–H and O–H groups in total. The van der Waals surface area contributed by atoms with E-state index >= 15 is 0 Å². The quantitative estimate of drug-likeness (QED) is 0.314. The molecule has 1 saturated heterocycles. The van der Waals surface area contributed by atoms with Gasteiger partial charge in [-0.3, -0.25) is 4.79 Å². The highest BCUT2D eigenvalue weighted by atomic mass is 32.2. The van der Waals surface area contributed by atoms with Crippen LogP contribution in [-0.4, -0.2) is 38.9 Å². The van der Waals surface area contributed by atoms with Crippen molar-refractivity contribution in [3.63, 3.8) is 0 Å². The molecule has 0 aliphatic carbocycles. The summed E-state index contributed by atoms with van der Waals surface area (Å²) in [4.78, 5) is 13.9. The van der Waals surface area contributed by atoms with Crippen molar-refractivity contribution in [2.75, 3.05) is 24.6 Å². The summed E-state index contributed by atoms with van der Waals surface area (Å²) in [7, 11) is -3.02. The molecule has 1 atom stereocenters. The molecule has 0 aromatic rings. The maximum atomic E-state index is 11.4. The Kier molecular flexibility index (Phi) is 3.93. The Morgan fingerprint density at radius 1 is 1.60 bits per heavy atom. The molecule has 0 aromatic heterocycles. The number of hydrogen-bond donors (Lipinski definition) is 1. The number of carbonyl (C=O) groups is 1. The second kappa shape index (κ2) is 4.99. The first-order chi connectivity index (χ1) is 7.05. The molecular formula is C7H12N4O3S. The van der Waals surface area contributed by atoms with Crippen molar-refractivity contribution in [1.29, 1.82) is 0 Å². The van der Waals surface area contributed by atoms with Gasteiger partial charge in [-0.05, 0) is 12.0 Å². The lowest BCUT2D eigenvalue weighted by Gasteiger charge is -2.07. The number of nitrogens with zero attached hydrogens (tertiary/aromatic N) is 3. The van der Waals surface area contributed by atoms with E-state index in [0.29, 0.717) is 6.42 Å². The van der Waals surface area contributed by atoms with Crippen LogP contribution < -0.4 is 5.32 Å². The molecule has 15 heavy (non-hydrogen) atoms. The zero-order valence-corrected chi connectivity index (χ0v) is 8.90. The molecule has 8 heteroatoms. The van der Waals surface area contributed by atoms with E-state index in [4.69, 9.17) is 5.53 Å². The van der Waals surface area contributed by atoms with Gasteiger partial charge in [0.05, 0.1) is 17.4 Å². The first-order valence-electron chi connectivity index (χ1n) is 4.54. The van der Waals surface area contributed by atoms with E-state index in [1.807, 2.05) is 0 Å².